The number of halogens is 1. The van der Waals surface area contributed by atoms with E-state index in [4.69, 9.17) is 11.6 Å². The first-order valence-corrected chi connectivity index (χ1v) is 11.7. The van der Waals surface area contributed by atoms with Crippen LogP contribution in [0.2, 0.25) is 5.02 Å². The standard InChI is InChI=1S/C31H25ClN2/c1-24-17-19-29(20-18-24)34(28-15-9-4-10-16-28)31-22-25(32)21-30(23-31)33(26-11-5-2-6-12-26)27-13-7-3-8-14-27/h2-23H,1H3. The molecule has 0 fully saturated rings. The van der Waals surface area contributed by atoms with E-state index in [1.165, 1.54) is 5.56 Å². The first-order valence-electron chi connectivity index (χ1n) is 11.3. The van der Waals surface area contributed by atoms with Gasteiger partial charge in [-0.05, 0) is 73.7 Å². The first kappa shape index (κ1) is 21.8. The molecule has 0 spiro atoms. The summed E-state index contributed by atoms with van der Waals surface area (Å²) in [5, 5.41) is 0.678. The van der Waals surface area contributed by atoms with Crippen molar-refractivity contribution in [2.75, 3.05) is 9.80 Å². The van der Waals surface area contributed by atoms with Crippen LogP contribution in [0, 0.1) is 6.92 Å². The lowest BCUT2D eigenvalue weighted by Crippen LogP contribution is -2.13. The molecule has 0 bridgehead atoms. The van der Waals surface area contributed by atoms with Crippen LogP contribution in [0.4, 0.5) is 34.1 Å². The molecule has 166 valence electrons. The minimum atomic E-state index is 0.678. The van der Waals surface area contributed by atoms with Crippen molar-refractivity contribution in [1.82, 2.24) is 0 Å². The molecular weight excluding hydrogens is 436 g/mol. The molecule has 5 aromatic rings. The SMILES string of the molecule is Cc1ccc(N(c2ccccc2)c2cc(Cl)cc(N(c3ccccc3)c3ccccc3)c2)cc1. The Morgan fingerprint density at radius 2 is 0.765 bits per heavy atom. The van der Waals surface area contributed by atoms with Crippen LogP contribution in [0.25, 0.3) is 0 Å². The van der Waals surface area contributed by atoms with Crippen LogP contribution in [-0.4, -0.2) is 0 Å². The maximum Gasteiger partial charge on any atom is 0.0497 e. The van der Waals surface area contributed by atoms with Gasteiger partial charge in [0.25, 0.3) is 0 Å². The Morgan fingerprint density at radius 1 is 0.412 bits per heavy atom. The van der Waals surface area contributed by atoms with Gasteiger partial charge < -0.3 is 9.80 Å². The summed E-state index contributed by atoms with van der Waals surface area (Å²) >= 11 is 6.76. The Balaban J connectivity index is 1.69. The van der Waals surface area contributed by atoms with E-state index in [-0.39, 0.29) is 0 Å². The second kappa shape index (κ2) is 9.86. The fraction of sp³-hybridized carbons (Fsp3) is 0.0323. The van der Waals surface area contributed by atoms with E-state index in [0.29, 0.717) is 5.02 Å². The molecule has 0 radical (unpaired) electrons. The van der Waals surface area contributed by atoms with Gasteiger partial charge >= 0.3 is 0 Å². The highest BCUT2D eigenvalue weighted by atomic mass is 35.5. The van der Waals surface area contributed by atoms with E-state index in [2.05, 4.69) is 120 Å². The average molecular weight is 461 g/mol. The maximum atomic E-state index is 6.76. The Kier molecular flexibility index (Phi) is 6.33. The fourth-order valence-corrected chi connectivity index (χ4v) is 4.36. The Bertz CT molecular complexity index is 1310. The molecule has 0 aliphatic carbocycles. The molecule has 0 aromatic heterocycles. The lowest BCUT2D eigenvalue weighted by Gasteiger charge is -2.29. The fourth-order valence-electron chi connectivity index (χ4n) is 4.14. The van der Waals surface area contributed by atoms with Gasteiger partial charge in [0.05, 0.1) is 0 Å². The summed E-state index contributed by atoms with van der Waals surface area (Å²) in [6.07, 6.45) is 0. The van der Waals surface area contributed by atoms with Crippen molar-refractivity contribution in [1.29, 1.82) is 0 Å². The van der Waals surface area contributed by atoms with Crippen molar-refractivity contribution in [2.24, 2.45) is 0 Å². The monoisotopic (exact) mass is 460 g/mol. The number of rotatable bonds is 6. The minimum Gasteiger partial charge on any atom is -0.310 e. The third-order valence-electron chi connectivity index (χ3n) is 5.72. The van der Waals surface area contributed by atoms with Crippen LogP contribution >= 0.6 is 11.6 Å². The molecule has 0 unspecified atom stereocenters. The van der Waals surface area contributed by atoms with Crippen LogP contribution in [0.15, 0.2) is 133 Å². The van der Waals surface area contributed by atoms with Crippen LogP contribution in [0.5, 0.6) is 0 Å². The van der Waals surface area contributed by atoms with E-state index >= 15 is 0 Å². The van der Waals surface area contributed by atoms with Crippen molar-refractivity contribution in [3.8, 4) is 0 Å². The number of nitrogens with zero attached hydrogens (tertiary/aromatic N) is 2. The second-order valence-corrected chi connectivity index (χ2v) is 8.62. The maximum absolute atomic E-state index is 6.76. The van der Waals surface area contributed by atoms with E-state index in [1.807, 2.05) is 30.3 Å². The van der Waals surface area contributed by atoms with E-state index in [0.717, 1.165) is 34.1 Å². The van der Waals surface area contributed by atoms with Gasteiger partial charge in [-0.15, -0.1) is 0 Å². The zero-order valence-corrected chi connectivity index (χ0v) is 19.7. The molecule has 0 aliphatic heterocycles. The van der Waals surface area contributed by atoms with Gasteiger partial charge in [-0.3, -0.25) is 0 Å². The quantitative estimate of drug-likeness (QED) is 0.249. The summed E-state index contributed by atoms with van der Waals surface area (Å²) in [7, 11) is 0. The van der Waals surface area contributed by atoms with Crippen molar-refractivity contribution < 1.29 is 0 Å². The predicted molar refractivity (Wildman–Crippen MR) is 146 cm³/mol. The highest BCUT2D eigenvalue weighted by Crippen LogP contribution is 2.41. The number of hydrogen-bond acceptors (Lipinski definition) is 2. The van der Waals surface area contributed by atoms with Crippen LogP contribution in [-0.2, 0) is 0 Å². The normalized spacial score (nSPS) is 10.6. The Hall–Kier alpha value is -4.01. The molecule has 2 nitrogen and oxygen atoms in total. The van der Waals surface area contributed by atoms with Gasteiger partial charge in [0.1, 0.15) is 0 Å². The largest absolute Gasteiger partial charge is 0.310 e. The lowest BCUT2D eigenvalue weighted by atomic mass is 10.1. The minimum absolute atomic E-state index is 0.678. The van der Waals surface area contributed by atoms with Crippen LogP contribution < -0.4 is 9.80 Å². The summed E-state index contributed by atoms with van der Waals surface area (Å²) in [4.78, 5) is 4.47. The van der Waals surface area contributed by atoms with Crippen molar-refractivity contribution >= 4 is 45.7 Å². The van der Waals surface area contributed by atoms with Crippen molar-refractivity contribution in [3.63, 3.8) is 0 Å². The first-order chi connectivity index (χ1) is 16.7. The van der Waals surface area contributed by atoms with Gasteiger partial charge in [0, 0.05) is 39.1 Å². The van der Waals surface area contributed by atoms with E-state index < -0.39 is 0 Å². The van der Waals surface area contributed by atoms with Gasteiger partial charge in [-0.1, -0.05) is 83.9 Å². The molecule has 0 saturated carbocycles. The van der Waals surface area contributed by atoms with E-state index in [9.17, 15) is 0 Å². The summed E-state index contributed by atoms with van der Waals surface area (Å²) in [6, 6.07) is 45.9. The zero-order chi connectivity index (χ0) is 23.3. The highest BCUT2D eigenvalue weighted by molar-refractivity contribution is 6.31. The summed E-state index contributed by atoms with van der Waals surface area (Å²) in [5.74, 6) is 0. The third kappa shape index (κ3) is 4.68. The molecule has 3 heteroatoms. The molecule has 0 atom stereocenters. The average Bonchev–Trinajstić information content (AvgIpc) is 2.87. The molecule has 5 rings (SSSR count). The highest BCUT2D eigenvalue weighted by Gasteiger charge is 2.18. The number of hydrogen-bond donors (Lipinski definition) is 0. The lowest BCUT2D eigenvalue weighted by molar-refractivity contribution is 1.25. The summed E-state index contributed by atoms with van der Waals surface area (Å²) in [5.41, 5.74) is 7.51. The van der Waals surface area contributed by atoms with Crippen molar-refractivity contribution in [2.45, 2.75) is 6.92 Å². The number of anilines is 6. The smallest absolute Gasteiger partial charge is 0.0497 e. The number of benzene rings is 5. The Morgan fingerprint density at radius 3 is 1.15 bits per heavy atom. The predicted octanol–water partition coefficient (Wildman–Crippen LogP) is 9.59. The van der Waals surface area contributed by atoms with E-state index in [1.54, 1.807) is 0 Å². The van der Waals surface area contributed by atoms with Crippen molar-refractivity contribution in [3.05, 3.63) is 144 Å². The Labute approximate surface area is 206 Å². The molecule has 0 N–H and O–H groups in total. The van der Waals surface area contributed by atoms with Gasteiger partial charge in [0.15, 0.2) is 0 Å². The van der Waals surface area contributed by atoms with Crippen LogP contribution in [0.1, 0.15) is 5.56 Å². The third-order valence-corrected chi connectivity index (χ3v) is 5.94. The van der Waals surface area contributed by atoms with Gasteiger partial charge in [0.2, 0.25) is 0 Å². The van der Waals surface area contributed by atoms with Gasteiger partial charge in [-0.25, -0.2) is 0 Å². The van der Waals surface area contributed by atoms with Crippen LogP contribution in [0.3, 0.4) is 0 Å². The summed E-state index contributed by atoms with van der Waals surface area (Å²) < 4.78 is 0. The second-order valence-electron chi connectivity index (χ2n) is 8.18. The number of para-hydroxylation sites is 3. The molecule has 34 heavy (non-hydrogen) atoms. The molecular formula is C31H25ClN2. The topological polar surface area (TPSA) is 6.48 Å². The molecule has 0 amide bonds. The molecule has 0 aliphatic rings. The molecule has 0 heterocycles. The number of aryl methyl sites for hydroxylation is 1. The van der Waals surface area contributed by atoms with Gasteiger partial charge in [-0.2, -0.15) is 0 Å². The molecule has 0 saturated heterocycles. The zero-order valence-electron chi connectivity index (χ0n) is 19.0. The summed E-state index contributed by atoms with van der Waals surface area (Å²) in [6.45, 7) is 2.10. The molecule has 5 aromatic carbocycles.